The summed E-state index contributed by atoms with van der Waals surface area (Å²) in [5, 5.41) is 10.7. The Morgan fingerprint density at radius 1 is 1.13 bits per heavy atom. The van der Waals surface area contributed by atoms with Gasteiger partial charge in [-0.25, -0.2) is 17.6 Å². The molecule has 39 heavy (non-hydrogen) atoms. The number of hydrogen-bond acceptors (Lipinski definition) is 4. The van der Waals surface area contributed by atoms with Gasteiger partial charge in [-0.05, 0) is 111 Å². The number of alkyl halides is 2. The van der Waals surface area contributed by atoms with Gasteiger partial charge in [0, 0.05) is 28.2 Å². The zero-order valence-corrected chi connectivity index (χ0v) is 27.0. The van der Waals surface area contributed by atoms with E-state index in [0.29, 0.717) is 32.8 Å². The highest BCUT2D eigenvalue weighted by molar-refractivity contribution is 14.1. The SMILES string of the molecule is Cc1ccc(-c2c(C)c(C3=CC=C(Cl)CC3(F)I)c(C(OC(C)(C)C)C(=O)O)c(C)c2NS(C)(=O)=O)cc1C. The summed E-state index contributed by atoms with van der Waals surface area (Å²) in [4.78, 5) is 12.7. The van der Waals surface area contributed by atoms with Crippen LogP contribution in [-0.4, -0.2) is 35.0 Å². The van der Waals surface area contributed by atoms with Crippen LogP contribution in [-0.2, 0) is 19.6 Å². The molecule has 0 aromatic heterocycles. The molecule has 3 rings (SSSR count). The molecule has 2 aromatic rings. The number of sulfonamides is 1. The topological polar surface area (TPSA) is 92.7 Å². The summed E-state index contributed by atoms with van der Waals surface area (Å²) >= 11 is 7.89. The molecular weight excluding hydrogens is 656 g/mol. The van der Waals surface area contributed by atoms with Crippen molar-refractivity contribution in [2.24, 2.45) is 0 Å². The fourth-order valence-corrected chi connectivity index (χ4v) is 6.74. The van der Waals surface area contributed by atoms with Crippen LogP contribution in [0.25, 0.3) is 16.7 Å². The summed E-state index contributed by atoms with van der Waals surface area (Å²) in [6.07, 6.45) is 2.59. The van der Waals surface area contributed by atoms with Crippen LogP contribution in [0.1, 0.15) is 66.7 Å². The van der Waals surface area contributed by atoms with Crippen LogP contribution in [0.2, 0.25) is 0 Å². The minimum Gasteiger partial charge on any atom is -0.479 e. The van der Waals surface area contributed by atoms with Crippen molar-refractivity contribution in [3.63, 3.8) is 0 Å². The van der Waals surface area contributed by atoms with E-state index in [9.17, 15) is 18.3 Å². The molecule has 0 heterocycles. The third-order valence-electron chi connectivity index (χ3n) is 6.57. The largest absolute Gasteiger partial charge is 0.479 e. The van der Waals surface area contributed by atoms with Gasteiger partial charge >= 0.3 is 5.97 Å². The van der Waals surface area contributed by atoms with E-state index in [1.54, 1.807) is 69.4 Å². The lowest BCUT2D eigenvalue weighted by Crippen LogP contribution is -2.30. The highest BCUT2D eigenvalue weighted by Gasteiger charge is 2.41. The molecule has 0 saturated heterocycles. The maximum absolute atomic E-state index is 16.3. The van der Waals surface area contributed by atoms with Gasteiger partial charge in [-0.3, -0.25) is 4.72 Å². The lowest BCUT2D eigenvalue weighted by molar-refractivity contribution is -0.160. The van der Waals surface area contributed by atoms with Crippen LogP contribution in [0.5, 0.6) is 0 Å². The molecule has 2 atom stereocenters. The summed E-state index contributed by atoms with van der Waals surface area (Å²) < 4.78 is 48.2. The number of benzene rings is 2. The van der Waals surface area contributed by atoms with Crippen LogP contribution in [0.15, 0.2) is 35.4 Å². The van der Waals surface area contributed by atoms with E-state index >= 15 is 4.39 Å². The number of aryl methyl sites for hydroxylation is 2. The number of carbonyl (C=O) groups is 1. The van der Waals surface area contributed by atoms with E-state index in [4.69, 9.17) is 16.3 Å². The number of allylic oxidation sites excluding steroid dienone is 4. The molecule has 10 heteroatoms. The Bertz CT molecular complexity index is 1510. The van der Waals surface area contributed by atoms with Crippen molar-refractivity contribution in [2.45, 2.75) is 70.3 Å². The van der Waals surface area contributed by atoms with Crippen LogP contribution < -0.4 is 4.72 Å². The Labute approximate surface area is 248 Å². The summed E-state index contributed by atoms with van der Waals surface area (Å²) in [5.74, 6) is -1.28. The molecule has 6 nitrogen and oxygen atoms in total. The second-order valence-electron chi connectivity index (χ2n) is 11.0. The summed E-state index contributed by atoms with van der Waals surface area (Å²) in [6.45, 7) is 12.5. The summed E-state index contributed by atoms with van der Waals surface area (Å²) in [7, 11) is -3.79. The first-order valence-electron chi connectivity index (χ1n) is 12.3. The standard InChI is InChI=1S/C29H34ClFINO5S/c1-15-9-10-19(13-16(15)2)22-17(3)23(21-12-11-20(30)14-29(21,31)32)24(18(4)25(22)33-39(8,36)37)26(27(34)35)38-28(5,6)7/h9-13,26,33H,14H2,1-8H3,(H,34,35). The number of carboxylic acid groups (broad SMARTS) is 1. The van der Waals surface area contributed by atoms with Crippen LogP contribution in [0.4, 0.5) is 10.1 Å². The van der Waals surface area contributed by atoms with Gasteiger partial charge in [0.25, 0.3) is 0 Å². The quantitative estimate of drug-likeness (QED) is 0.228. The second kappa shape index (κ2) is 11.1. The second-order valence-corrected chi connectivity index (χ2v) is 14.9. The van der Waals surface area contributed by atoms with Crippen molar-refractivity contribution in [1.82, 2.24) is 0 Å². The first kappa shape index (κ1) is 31.6. The maximum atomic E-state index is 16.3. The van der Waals surface area contributed by atoms with Crippen molar-refractivity contribution >= 4 is 61.4 Å². The van der Waals surface area contributed by atoms with Gasteiger partial charge in [0.1, 0.15) is 0 Å². The summed E-state index contributed by atoms with van der Waals surface area (Å²) in [6, 6.07) is 5.74. The van der Waals surface area contributed by atoms with Gasteiger partial charge < -0.3 is 9.84 Å². The maximum Gasteiger partial charge on any atom is 0.337 e. The molecule has 0 amide bonds. The van der Waals surface area contributed by atoms with Gasteiger partial charge in [0.05, 0.1) is 17.5 Å². The van der Waals surface area contributed by atoms with Crippen molar-refractivity contribution in [3.05, 3.63) is 68.8 Å². The number of hydrogen-bond donors (Lipinski definition) is 2. The monoisotopic (exact) mass is 689 g/mol. The minimum atomic E-state index is -3.79. The van der Waals surface area contributed by atoms with E-state index in [-0.39, 0.29) is 23.2 Å². The van der Waals surface area contributed by atoms with Crippen molar-refractivity contribution in [1.29, 1.82) is 0 Å². The molecule has 0 fully saturated rings. The molecule has 0 radical (unpaired) electrons. The Morgan fingerprint density at radius 2 is 1.74 bits per heavy atom. The molecule has 212 valence electrons. The molecule has 0 spiro atoms. The van der Waals surface area contributed by atoms with E-state index in [1.165, 1.54) is 0 Å². The first-order valence-corrected chi connectivity index (χ1v) is 15.7. The van der Waals surface area contributed by atoms with E-state index in [2.05, 4.69) is 4.72 Å². The van der Waals surface area contributed by atoms with Crippen molar-refractivity contribution < 1.29 is 27.4 Å². The highest BCUT2D eigenvalue weighted by Crippen LogP contribution is 2.52. The van der Waals surface area contributed by atoms with Gasteiger partial charge in [0.15, 0.2) is 9.78 Å². The molecular formula is C29H34ClFINO5S. The Kier molecular flexibility index (Phi) is 9.02. The van der Waals surface area contributed by atoms with Gasteiger partial charge in [0.2, 0.25) is 10.0 Å². The first-order chi connectivity index (χ1) is 17.7. The lowest BCUT2D eigenvalue weighted by atomic mass is 9.80. The Balaban J connectivity index is 2.61. The third-order valence-corrected chi connectivity index (χ3v) is 8.37. The third kappa shape index (κ3) is 7.04. The zero-order valence-electron chi connectivity index (χ0n) is 23.3. The molecule has 0 saturated carbocycles. The number of rotatable bonds is 7. The fraction of sp³-hybridized carbons (Fsp3) is 0.414. The molecule has 0 aliphatic heterocycles. The smallest absolute Gasteiger partial charge is 0.337 e. The Hall–Kier alpha value is -1.95. The molecule has 1 aliphatic rings. The van der Waals surface area contributed by atoms with E-state index < -0.39 is 31.4 Å². The van der Waals surface area contributed by atoms with Crippen LogP contribution >= 0.6 is 34.2 Å². The normalized spacial score (nSPS) is 18.8. The van der Waals surface area contributed by atoms with Gasteiger partial charge in [-0.2, -0.15) is 0 Å². The average Bonchev–Trinajstić information content (AvgIpc) is 2.75. The van der Waals surface area contributed by atoms with Gasteiger partial charge in [-0.15, -0.1) is 0 Å². The highest BCUT2D eigenvalue weighted by atomic mass is 127. The fourth-order valence-electron chi connectivity index (χ4n) is 4.78. The predicted molar refractivity (Wildman–Crippen MR) is 165 cm³/mol. The molecule has 2 N–H and O–H groups in total. The van der Waals surface area contributed by atoms with Crippen LogP contribution in [0, 0.1) is 27.7 Å². The van der Waals surface area contributed by atoms with E-state index in [0.717, 1.165) is 17.4 Å². The lowest BCUT2D eigenvalue weighted by Gasteiger charge is -2.34. The number of aliphatic carboxylic acids is 1. The van der Waals surface area contributed by atoms with E-state index in [1.807, 2.05) is 32.0 Å². The average molecular weight is 690 g/mol. The molecule has 2 aromatic carbocycles. The van der Waals surface area contributed by atoms with Crippen LogP contribution in [0.3, 0.4) is 0 Å². The Morgan fingerprint density at radius 3 is 2.23 bits per heavy atom. The zero-order chi connectivity index (χ0) is 29.7. The molecule has 0 bridgehead atoms. The van der Waals surface area contributed by atoms with Crippen molar-refractivity contribution in [3.8, 4) is 11.1 Å². The minimum absolute atomic E-state index is 0.0982. The number of halogens is 3. The molecule has 1 aliphatic carbocycles. The van der Waals surface area contributed by atoms with Crippen molar-refractivity contribution in [2.75, 3.05) is 11.0 Å². The summed E-state index contributed by atoms with van der Waals surface area (Å²) in [5.41, 5.74) is 4.27. The number of ether oxygens (including phenoxy) is 1. The number of anilines is 1. The molecule has 2 unspecified atom stereocenters. The number of nitrogens with one attached hydrogen (secondary N) is 1. The number of carboxylic acids is 1. The predicted octanol–water partition coefficient (Wildman–Crippen LogP) is 7.91. The van der Waals surface area contributed by atoms with Gasteiger partial charge in [-0.1, -0.05) is 35.9 Å².